The van der Waals surface area contributed by atoms with Crippen LogP contribution in [0.25, 0.3) is 0 Å². The van der Waals surface area contributed by atoms with E-state index >= 15 is 0 Å². The lowest BCUT2D eigenvalue weighted by Crippen LogP contribution is -2.56. The molecule has 3 N–H and O–H groups in total. The lowest BCUT2D eigenvalue weighted by Gasteiger charge is -2.37. The summed E-state index contributed by atoms with van der Waals surface area (Å²) in [6.07, 6.45) is 2.87. The van der Waals surface area contributed by atoms with Gasteiger partial charge in [0.15, 0.2) is 11.5 Å². The lowest BCUT2D eigenvalue weighted by atomic mass is 9.70. The van der Waals surface area contributed by atoms with E-state index in [1.807, 2.05) is 18.2 Å². The van der Waals surface area contributed by atoms with Gasteiger partial charge in [0.05, 0.1) is 14.2 Å². The van der Waals surface area contributed by atoms with E-state index in [1.54, 1.807) is 14.2 Å². The first-order valence-corrected chi connectivity index (χ1v) is 7.26. The van der Waals surface area contributed by atoms with Gasteiger partial charge in [0, 0.05) is 5.92 Å². The highest BCUT2D eigenvalue weighted by Crippen LogP contribution is 2.58. The second kappa shape index (κ2) is 4.91. The molecule has 2 bridgehead atoms. The summed E-state index contributed by atoms with van der Waals surface area (Å²) in [6, 6.07) is 5.61. The fourth-order valence-corrected chi connectivity index (χ4v) is 4.30. The molecule has 0 heterocycles. The zero-order valence-electron chi connectivity index (χ0n) is 12.3. The fourth-order valence-electron chi connectivity index (χ4n) is 4.30. The molecule has 0 unspecified atom stereocenters. The number of hydrogen-bond acceptors (Lipinski definition) is 4. The molecule has 3 rings (SSSR count). The Morgan fingerprint density at radius 2 is 2.00 bits per heavy atom. The average molecular weight is 291 g/mol. The van der Waals surface area contributed by atoms with Gasteiger partial charge in [0.25, 0.3) is 0 Å². The predicted octanol–water partition coefficient (Wildman–Crippen LogP) is 2.00. The van der Waals surface area contributed by atoms with Crippen LogP contribution in [0.15, 0.2) is 18.2 Å². The first-order chi connectivity index (χ1) is 10.0. The van der Waals surface area contributed by atoms with Crippen molar-refractivity contribution in [3.05, 3.63) is 23.8 Å². The number of rotatable bonds is 4. The van der Waals surface area contributed by atoms with Crippen molar-refractivity contribution >= 4 is 5.97 Å². The van der Waals surface area contributed by atoms with Crippen molar-refractivity contribution in [2.45, 2.75) is 30.7 Å². The van der Waals surface area contributed by atoms with Gasteiger partial charge in [-0.3, -0.25) is 4.79 Å². The van der Waals surface area contributed by atoms with Gasteiger partial charge in [-0.15, -0.1) is 0 Å². The molecule has 2 fully saturated rings. The van der Waals surface area contributed by atoms with Gasteiger partial charge < -0.3 is 20.3 Å². The summed E-state index contributed by atoms with van der Waals surface area (Å²) < 4.78 is 10.6. The largest absolute Gasteiger partial charge is 0.493 e. The van der Waals surface area contributed by atoms with Crippen LogP contribution in [0.1, 0.15) is 30.7 Å². The highest BCUT2D eigenvalue weighted by atomic mass is 16.5. The molecule has 0 aliphatic heterocycles. The summed E-state index contributed by atoms with van der Waals surface area (Å²) in [5, 5.41) is 9.67. The van der Waals surface area contributed by atoms with E-state index in [0.29, 0.717) is 17.4 Å². The third kappa shape index (κ3) is 1.91. The van der Waals surface area contributed by atoms with Crippen molar-refractivity contribution in [3.8, 4) is 11.5 Å². The highest BCUT2D eigenvalue weighted by molar-refractivity contribution is 5.82. The van der Waals surface area contributed by atoms with Crippen LogP contribution in [0.2, 0.25) is 0 Å². The van der Waals surface area contributed by atoms with Crippen molar-refractivity contribution in [3.63, 3.8) is 0 Å². The lowest BCUT2D eigenvalue weighted by molar-refractivity contribution is -0.146. The monoisotopic (exact) mass is 291 g/mol. The molecule has 2 saturated carbocycles. The van der Waals surface area contributed by atoms with E-state index in [9.17, 15) is 9.90 Å². The molecule has 0 saturated heterocycles. The van der Waals surface area contributed by atoms with Gasteiger partial charge in [-0.05, 0) is 48.8 Å². The van der Waals surface area contributed by atoms with Crippen LogP contribution in [0.4, 0.5) is 0 Å². The Morgan fingerprint density at radius 3 is 2.62 bits per heavy atom. The third-order valence-electron chi connectivity index (χ3n) is 5.27. The summed E-state index contributed by atoms with van der Waals surface area (Å²) in [4.78, 5) is 11.8. The van der Waals surface area contributed by atoms with Gasteiger partial charge in [0.2, 0.25) is 0 Å². The Hall–Kier alpha value is -1.75. The minimum absolute atomic E-state index is 0.0677. The number of methoxy groups -OCH3 is 2. The first-order valence-electron chi connectivity index (χ1n) is 7.26. The van der Waals surface area contributed by atoms with Crippen LogP contribution in [0.3, 0.4) is 0 Å². The average Bonchev–Trinajstić information content (AvgIpc) is 3.06. The fraction of sp³-hybridized carbons (Fsp3) is 0.562. The van der Waals surface area contributed by atoms with Gasteiger partial charge in [-0.1, -0.05) is 6.07 Å². The number of fused-ring (bicyclic) bond motifs is 2. The van der Waals surface area contributed by atoms with E-state index in [0.717, 1.165) is 24.8 Å². The molecule has 21 heavy (non-hydrogen) atoms. The number of aliphatic carboxylic acids is 1. The summed E-state index contributed by atoms with van der Waals surface area (Å²) in [5.74, 6) is 0.614. The standard InChI is InChI=1S/C16H21NO4/c1-20-12-6-4-10(8-13(12)21-2)14-9-3-5-11(7-9)16(14,17)15(18)19/h4,6,8-9,11,14H,3,5,7,17H2,1-2H3,(H,18,19)/t9-,11+,14-,16-/m0/s1. The Bertz CT molecular complexity index is 573. The molecule has 114 valence electrons. The Kier molecular flexibility index (Phi) is 3.32. The summed E-state index contributed by atoms with van der Waals surface area (Å²) in [7, 11) is 3.16. The van der Waals surface area contributed by atoms with E-state index in [1.165, 1.54) is 0 Å². The molecule has 5 heteroatoms. The summed E-state index contributed by atoms with van der Waals surface area (Å²) >= 11 is 0. The Labute approximate surface area is 124 Å². The molecule has 2 aliphatic carbocycles. The zero-order chi connectivity index (χ0) is 15.2. The zero-order valence-corrected chi connectivity index (χ0v) is 12.3. The van der Waals surface area contributed by atoms with Crippen LogP contribution in [0.5, 0.6) is 11.5 Å². The molecule has 0 radical (unpaired) electrons. The SMILES string of the molecule is COc1ccc([C@@H]2[C@H]3CC[C@H](C3)[C@@]2(N)C(=O)O)cc1OC. The molecule has 1 aromatic rings. The topological polar surface area (TPSA) is 81.8 Å². The maximum atomic E-state index is 11.8. The molecule has 4 atom stereocenters. The number of carbonyl (C=O) groups is 1. The predicted molar refractivity (Wildman–Crippen MR) is 77.7 cm³/mol. The number of ether oxygens (including phenoxy) is 2. The number of nitrogens with two attached hydrogens (primary N) is 1. The number of benzene rings is 1. The first kappa shape index (κ1) is 14.2. The van der Waals surface area contributed by atoms with Crippen molar-refractivity contribution < 1.29 is 19.4 Å². The Balaban J connectivity index is 2.04. The molecule has 0 aromatic heterocycles. The summed E-state index contributed by atoms with van der Waals surface area (Å²) in [6.45, 7) is 0. The third-order valence-corrected chi connectivity index (χ3v) is 5.27. The molecule has 0 amide bonds. The minimum Gasteiger partial charge on any atom is -0.493 e. The number of hydrogen-bond donors (Lipinski definition) is 2. The van der Waals surface area contributed by atoms with Crippen LogP contribution in [0, 0.1) is 11.8 Å². The van der Waals surface area contributed by atoms with E-state index < -0.39 is 11.5 Å². The normalized spacial score (nSPS) is 34.0. The van der Waals surface area contributed by atoms with Crippen LogP contribution in [-0.4, -0.2) is 30.8 Å². The van der Waals surface area contributed by atoms with Crippen LogP contribution < -0.4 is 15.2 Å². The van der Waals surface area contributed by atoms with Gasteiger partial charge in [-0.2, -0.15) is 0 Å². The maximum Gasteiger partial charge on any atom is 0.324 e. The second-order valence-corrected chi connectivity index (χ2v) is 6.10. The molecule has 0 spiro atoms. The van der Waals surface area contributed by atoms with Gasteiger partial charge in [0.1, 0.15) is 5.54 Å². The van der Waals surface area contributed by atoms with Gasteiger partial charge >= 0.3 is 5.97 Å². The molecule has 2 aliphatic rings. The molecule has 5 nitrogen and oxygen atoms in total. The van der Waals surface area contributed by atoms with E-state index in [4.69, 9.17) is 15.2 Å². The summed E-state index contributed by atoms with van der Waals surface area (Å²) in [5.41, 5.74) is 6.12. The second-order valence-electron chi connectivity index (χ2n) is 6.10. The highest BCUT2D eigenvalue weighted by Gasteiger charge is 2.60. The quantitative estimate of drug-likeness (QED) is 0.886. The minimum atomic E-state index is -1.16. The molecule has 1 aromatic carbocycles. The number of carboxylic acids is 1. The van der Waals surface area contributed by atoms with E-state index in [-0.39, 0.29) is 11.8 Å². The maximum absolute atomic E-state index is 11.8. The van der Waals surface area contributed by atoms with E-state index in [2.05, 4.69) is 0 Å². The van der Waals surface area contributed by atoms with Crippen molar-refractivity contribution in [1.29, 1.82) is 0 Å². The molecular formula is C16H21NO4. The van der Waals surface area contributed by atoms with Crippen LogP contribution >= 0.6 is 0 Å². The van der Waals surface area contributed by atoms with Gasteiger partial charge in [-0.25, -0.2) is 0 Å². The van der Waals surface area contributed by atoms with Crippen molar-refractivity contribution in [2.75, 3.05) is 14.2 Å². The van der Waals surface area contributed by atoms with Crippen molar-refractivity contribution in [1.82, 2.24) is 0 Å². The number of carboxylic acid groups (broad SMARTS) is 1. The van der Waals surface area contributed by atoms with Crippen molar-refractivity contribution in [2.24, 2.45) is 17.6 Å². The van der Waals surface area contributed by atoms with Crippen LogP contribution in [-0.2, 0) is 4.79 Å². The smallest absolute Gasteiger partial charge is 0.324 e. The molecular weight excluding hydrogens is 270 g/mol. The Morgan fingerprint density at radius 1 is 1.29 bits per heavy atom.